The minimum Gasteiger partial charge on any atom is -0.368 e. The van der Waals surface area contributed by atoms with Crippen molar-refractivity contribution in [2.45, 2.75) is 30.9 Å². The Labute approximate surface area is 187 Å². The Morgan fingerprint density at radius 2 is 1.88 bits per heavy atom. The topological polar surface area (TPSA) is 103 Å². The predicted molar refractivity (Wildman–Crippen MR) is 110 cm³/mol. The number of likely N-dealkylation sites (tertiary alicyclic amines) is 1. The zero-order chi connectivity index (χ0) is 24.0. The molecule has 12 heteroatoms. The van der Waals surface area contributed by atoms with Gasteiger partial charge >= 0.3 is 0 Å². The summed E-state index contributed by atoms with van der Waals surface area (Å²) in [6, 6.07) is 6.17. The van der Waals surface area contributed by atoms with E-state index in [2.05, 4.69) is 4.98 Å². The number of carbonyl (C=O) groups is 1. The number of rotatable bonds is 6. The van der Waals surface area contributed by atoms with Crippen molar-refractivity contribution in [1.82, 2.24) is 9.88 Å². The lowest BCUT2D eigenvalue weighted by atomic mass is 9.95. The number of sulfonamides is 1. The number of pyridine rings is 1. The molecule has 33 heavy (non-hydrogen) atoms. The zero-order valence-corrected chi connectivity index (χ0v) is 18.1. The van der Waals surface area contributed by atoms with Crippen LogP contribution in [0.1, 0.15) is 12.1 Å². The Bertz CT molecular complexity index is 1150. The Balaban J connectivity index is 1.68. The van der Waals surface area contributed by atoms with Gasteiger partial charge in [-0.25, -0.2) is 31.1 Å². The molecule has 2 aliphatic heterocycles. The van der Waals surface area contributed by atoms with E-state index in [1.165, 1.54) is 18.2 Å². The van der Waals surface area contributed by atoms with Gasteiger partial charge in [0.25, 0.3) is 11.8 Å². The van der Waals surface area contributed by atoms with Crippen LogP contribution >= 0.6 is 0 Å². The van der Waals surface area contributed by atoms with Crippen LogP contribution in [0.2, 0.25) is 0 Å². The van der Waals surface area contributed by atoms with Gasteiger partial charge in [0.1, 0.15) is 17.7 Å². The van der Waals surface area contributed by atoms with E-state index >= 15 is 0 Å². The van der Waals surface area contributed by atoms with E-state index in [4.69, 9.17) is 9.88 Å². The second-order valence-electron chi connectivity index (χ2n) is 8.26. The highest BCUT2D eigenvalue weighted by Gasteiger charge is 2.57. The van der Waals surface area contributed by atoms with Crippen molar-refractivity contribution in [1.29, 1.82) is 0 Å². The Hall–Kier alpha value is -2.57. The lowest BCUT2D eigenvalue weighted by molar-refractivity contribution is -0.158. The van der Waals surface area contributed by atoms with Crippen LogP contribution in [0.15, 0.2) is 36.4 Å². The van der Waals surface area contributed by atoms with Crippen molar-refractivity contribution in [2.24, 2.45) is 11.1 Å². The third-order valence-electron chi connectivity index (χ3n) is 5.84. The first kappa shape index (κ1) is 23.6. The van der Waals surface area contributed by atoms with Crippen molar-refractivity contribution < 1.29 is 35.5 Å². The summed E-state index contributed by atoms with van der Waals surface area (Å²) in [5, 5.41) is 5.06. The molecule has 0 bridgehead atoms. The van der Waals surface area contributed by atoms with Crippen LogP contribution < -0.4 is 5.14 Å². The molecular formula is C21H21F4N3O4S. The number of nitrogens with two attached hydrogens (primary N) is 1. The van der Waals surface area contributed by atoms with E-state index in [1.54, 1.807) is 0 Å². The molecular weight excluding hydrogens is 466 g/mol. The fourth-order valence-corrected chi connectivity index (χ4v) is 5.19. The molecule has 4 rings (SSSR count). The van der Waals surface area contributed by atoms with Crippen LogP contribution in [-0.4, -0.2) is 61.2 Å². The van der Waals surface area contributed by atoms with E-state index in [9.17, 15) is 30.8 Å². The fourth-order valence-electron chi connectivity index (χ4n) is 4.22. The SMILES string of the molecule is NS(=O)(=O)C[C@@H]1[C@H](Cc2cccc(-c3cc(F)cc(F)c3)n2)N(C(=O)C2CCO2)CC1(F)F. The first-order valence-electron chi connectivity index (χ1n) is 10.2. The number of aromatic nitrogens is 1. The van der Waals surface area contributed by atoms with Crippen molar-refractivity contribution in [3.63, 3.8) is 0 Å². The molecule has 1 aromatic carbocycles. The zero-order valence-electron chi connectivity index (χ0n) is 17.3. The van der Waals surface area contributed by atoms with E-state index in [-0.39, 0.29) is 23.4 Å². The van der Waals surface area contributed by atoms with Gasteiger partial charge in [-0.15, -0.1) is 0 Å². The van der Waals surface area contributed by atoms with Crippen molar-refractivity contribution in [3.8, 4) is 11.3 Å². The average molecular weight is 487 g/mol. The molecule has 0 radical (unpaired) electrons. The Morgan fingerprint density at radius 1 is 1.21 bits per heavy atom. The van der Waals surface area contributed by atoms with E-state index in [1.807, 2.05) is 0 Å². The Kier molecular flexibility index (Phi) is 6.18. The van der Waals surface area contributed by atoms with Gasteiger partial charge in [0.15, 0.2) is 0 Å². The largest absolute Gasteiger partial charge is 0.368 e. The maximum absolute atomic E-state index is 14.9. The Morgan fingerprint density at radius 3 is 2.45 bits per heavy atom. The van der Waals surface area contributed by atoms with Crippen LogP contribution in [-0.2, 0) is 26.0 Å². The second kappa shape index (κ2) is 8.65. The smallest absolute Gasteiger partial charge is 0.271 e. The molecule has 178 valence electrons. The van der Waals surface area contributed by atoms with E-state index in [0.717, 1.165) is 17.0 Å². The minimum absolute atomic E-state index is 0.142. The quantitative estimate of drug-likeness (QED) is 0.629. The monoisotopic (exact) mass is 487 g/mol. The summed E-state index contributed by atoms with van der Waals surface area (Å²) in [5.41, 5.74) is 0.577. The summed E-state index contributed by atoms with van der Waals surface area (Å²) in [4.78, 5) is 18.0. The molecule has 2 fully saturated rings. The van der Waals surface area contributed by atoms with Gasteiger partial charge < -0.3 is 9.64 Å². The summed E-state index contributed by atoms with van der Waals surface area (Å²) in [6.45, 7) is -0.634. The van der Waals surface area contributed by atoms with Gasteiger partial charge in [0.2, 0.25) is 10.0 Å². The molecule has 1 aromatic heterocycles. The maximum Gasteiger partial charge on any atom is 0.271 e. The summed E-state index contributed by atoms with van der Waals surface area (Å²) in [5.74, 6) is -8.54. The van der Waals surface area contributed by atoms with Crippen LogP contribution in [0.25, 0.3) is 11.3 Å². The standard InChI is InChI=1S/C21H21F4N3O4S/c22-13-6-12(7-14(23)8-13)17-3-1-2-15(27-17)9-18-16(10-33(26,30)31)21(24,25)11-28(18)20(29)19-4-5-32-19/h1-3,6-8,16,18-19H,4-5,9-11H2,(H2,26,30,31)/t16-,18+,19?/m1/s1. The molecule has 0 aliphatic carbocycles. The van der Waals surface area contributed by atoms with Gasteiger partial charge in [0.05, 0.1) is 30.5 Å². The van der Waals surface area contributed by atoms with Crippen molar-refractivity contribution in [3.05, 3.63) is 53.7 Å². The molecule has 1 unspecified atom stereocenters. The van der Waals surface area contributed by atoms with Gasteiger partial charge in [0, 0.05) is 36.2 Å². The highest BCUT2D eigenvalue weighted by atomic mass is 32.2. The van der Waals surface area contributed by atoms with Crippen molar-refractivity contribution in [2.75, 3.05) is 18.9 Å². The number of ether oxygens (including phenoxy) is 1. The number of halogens is 4. The normalized spacial score (nSPS) is 24.5. The number of benzene rings is 1. The highest BCUT2D eigenvalue weighted by Crippen LogP contribution is 2.41. The number of nitrogens with zero attached hydrogens (tertiary/aromatic N) is 2. The summed E-state index contributed by atoms with van der Waals surface area (Å²) < 4.78 is 85.5. The maximum atomic E-state index is 14.9. The molecule has 2 saturated heterocycles. The molecule has 3 atom stereocenters. The van der Waals surface area contributed by atoms with Gasteiger partial charge in [-0.3, -0.25) is 9.78 Å². The molecule has 2 aliphatic rings. The minimum atomic E-state index is -4.28. The lowest BCUT2D eigenvalue weighted by Gasteiger charge is -2.33. The highest BCUT2D eigenvalue weighted by molar-refractivity contribution is 7.89. The number of hydrogen-bond donors (Lipinski definition) is 1. The first-order valence-corrected chi connectivity index (χ1v) is 11.9. The van der Waals surface area contributed by atoms with Crippen LogP contribution in [0.4, 0.5) is 17.6 Å². The number of carbonyl (C=O) groups excluding carboxylic acids is 1. The number of hydrogen-bond acceptors (Lipinski definition) is 5. The molecule has 0 spiro atoms. The summed E-state index contributed by atoms with van der Waals surface area (Å²) >= 11 is 0. The van der Waals surface area contributed by atoms with E-state index < -0.39 is 63.8 Å². The van der Waals surface area contributed by atoms with Gasteiger partial charge in [-0.05, 0) is 24.3 Å². The third kappa shape index (κ3) is 5.17. The molecule has 1 amide bonds. The van der Waals surface area contributed by atoms with Crippen LogP contribution in [0.3, 0.4) is 0 Å². The lowest BCUT2D eigenvalue weighted by Crippen LogP contribution is -2.49. The molecule has 3 heterocycles. The molecule has 7 nitrogen and oxygen atoms in total. The number of amides is 1. The number of alkyl halides is 2. The molecule has 0 saturated carbocycles. The van der Waals surface area contributed by atoms with Gasteiger partial charge in [-0.1, -0.05) is 6.07 Å². The second-order valence-corrected chi connectivity index (χ2v) is 9.91. The van der Waals surface area contributed by atoms with Crippen LogP contribution in [0.5, 0.6) is 0 Å². The fraction of sp³-hybridized carbons (Fsp3) is 0.429. The molecule has 2 aromatic rings. The summed E-state index contributed by atoms with van der Waals surface area (Å²) in [7, 11) is -4.28. The van der Waals surface area contributed by atoms with Crippen LogP contribution in [0, 0.1) is 17.6 Å². The third-order valence-corrected chi connectivity index (χ3v) is 6.66. The average Bonchev–Trinajstić information content (AvgIpc) is 2.89. The molecule has 2 N–H and O–H groups in total. The summed E-state index contributed by atoms with van der Waals surface area (Å²) in [6.07, 6.45) is -0.683. The number of primary sulfonamides is 1. The van der Waals surface area contributed by atoms with E-state index in [0.29, 0.717) is 19.1 Å². The van der Waals surface area contributed by atoms with Crippen molar-refractivity contribution >= 4 is 15.9 Å². The predicted octanol–water partition coefficient (Wildman–Crippen LogP) is 2.11. The first-order chi connectivity index (χ1) is 15.4. The van der Waals surface area contributed by atoms with Gasteiger partial charge in [-0.2, -0.15) is 0 Å².